The summed E-state index contributed by atoms with van der Waals surface area (Å²) in [5.41, 5.74) is 3.88. The minimum absolute atomic E-state index is 0.0556. The van der Waals surface area contributed by atoms with Crippen molar-refractivity contribution in [1.82, 2.24) is 14.8 Å². The molecule has 0 spiro atoms. The maximum absolute atomic E-state index is 11.7. The van der Waals surface area contributed by atoms with Crippen LogP contribution in [0.15, 0.2) is 29.6 Å². The van der Waals surface area contributed by atoms with Crippen LogP contribution < -0.4 is 4.90 Å². The van der Waals surface area contributed by atoms with Gasteiger partial charge in [0, 0.05) is 45.0 Å². The summed E-state index contributed by atoms with van der Waals surface area (Å²) in [6, 6.07) is 8.67. The van der Waals surface area contributed by atoms with E-state index in [-0.39, 0.29) is 5.91 Å². The highest BCUT2D eigenvalue weighted by Crippen LogP contribution is 2.22. The summed E-state index contributed by atoms with van der Waals surface area (Å²) in [5.74, 6) is 0.0556. The van der Waals surface area contributed by atoms with Crippen molar-refractivity contribution in [3.05, 3.63) is 46.5 Å². The van der Waals surface area contributed by atoms with Gasteiger partial charge in [-0.2, -0.15) is 0 Å². The number of amides is 1. The third-order valence-corrected chi connectivity index (χ3v) is 6.10. The van der Waals surface area contributed by atoms with E-state index in [0.717, 1.165) is 50.1 Å². The Morgan fingerprint density at radius 3 is 2.52 bits per heavy atom. The summed E-state index contributed by atoms with van der Waals surface area (Å²) in [6.45, 7) is 12.7. The Bertz CT molecular complexity index is 760. The van der Waals surface area contributed by atoms with Gasteiger partial charge in [-0.05, 0) is 44.5 Å². The van der Waals surface area contributed by atoms with Crippen LogP contribution in [0.25, 0.3) is 0 Å². The van der Waals surface area contributed by atoms with Crippen molar-refractivity contribution in [2.75, 3.05) is 37.6 Å². The van der Waals surface area contributed by atoms with Crippen LogP contribution in [0.2, 0.25) is 0 Å². The minimum Gasteiger partial charge on any atom is -0.298 e. The van der Waals surface area contributed by atoms with Crippen LogP contribution in [0.4, 0.5) is 5.13 Å². The Balaban J connectivity index is 1.55. The first-order valence-electron chi connectivity index (χ1n) is 9.78. The summed E-state index contributed by atoms with van der Waals surface area (Å²) in [6.07, 6.45) is 1.18. The average molecular weight is 387 g/mol. The zero-order chi connectivity index (χ0) is 19.2. The molecular formula is C21H30N4OS. The Labute approximate surface area is 166 Å². The molecule has 2 heterocycles. The number of thiazole rings is 1. The Morgan fingerprint density at radius 1 is 1.15 bits per heavy atom. The standard InChI is InChI=1S/C21H30N4OS/c1-4-25(18(3)26)21-22-20(16-27-21)15-24-11-7-10-23(12-13-24)14-19-9-6-5-8-17(19)2/h5-6,8-9,16H,4,7,10-15H2,1-3H3. The van der Waals surface area contributed by atoms with Gasteiger partial charge in [0.15, 0.2) is 5.13 Å². The molecule has 1 aliphatic rings. The van der Waals surface area contributed by atoms with Gasteiger partial charge in [-0.25, -0.2) is 4.98 Å². The second kappa shape index (κ2) is 9.44. The van der Waals surface area contributed by atoms with Crippen LogP contribution in [0, 0.1) is 6.92 Å². The van der Waals surface area contributed by atoms with Crippen LogP contribution in [0.5, 0.6) is 0 Å². The fourth-order valence-corrected chi connectivity index (χ4v) is 4.51. The zero-order valence-electron chi connectivity index (χ0n) is 16.6. The Hall–Kier alpha value is -1.76. The van der Waals surface area contributed by atoms with Gasteiger partial charge in [0.05, 0.1) is 5.69 Å². The van der Waals surface area contributed by atoms with E-state index in [1.165, 1.54) is 17.5 Å². The van der Waals surface area contributed by atoms with Crippen molar-refractivity contribution in [3.8, 4) is 0 Å². The number of benzene rings is 1. The highest BCUT2D eigenvalue weighted by atomic mass is 32.1. The predicted octanol–water partition coefficient (Wildman–Crippen LogP) is 3.53. The van der Waals surface area contributed by atoms with Crippen LogP contribution in [0.1, 0.15) is 37.1 Å². The van der Waals surface area contributed by atoms with E-state index in [0.29, 0.717) is 6.54 Å². The van der Waals surface area contributed by atoms with Gasteiger partial charge in [0.25, 0.3) is 0 Å². The minimum atomic E-state index is 0.0556. The SMILES string of the molecule is CCN(C(C)=O)c1nc(CN2CCCN(Cc3ccccc3C)CC2)cs1. The lowest BCUT2D eigenvalue weighted by atomic mass is 10.1. The molecule has 1 fully saturated rings. The molecule has 0 atom stereocenters. The van der Waals surface area contributed by atoms with Gasteiger partial charge in [-0.3, -0.25) is 19.5 Å². The highest BCUT2D eigenvalue weighted by Gasteiger charge is 2.18. The number of hydrogen-bond acceptors (Lipinski definition) is 5. The molecule has 2 aromatic rings. The molecule has 1 aromatic carbocycles. The van der Waals surface area contributed by atoms with Gasteiger partial charge in [0.2, 0.25) is 5.91 Å². The molecule has 0 saturated carbocycles. The molecule has 1 aromatic heterocycles. The maximum atomic E-state index is 11.7. The molecule has 6 heteroatoms. The van der Waals surface area contributed by atoms with Crippen molar-refractivity contribution in [2.24, 2.45) is 0 Å². The van der Waals surface area contributed by atoms with Crippen LogP contribution in [0.3, 0.4) is 0 Å². The number of aryl methyl sites for hydroxylation is 1. The predicted molar refractivity (Wildman–Crippen MR) is 112 cm³/mol. The maximum Gasteiger partial charge on any atom is 0.225 e. The summed E-state index contributed by atoms with van der Waals surface area (Å²) < 4.78 is 0. The molecule has 0 radical (unpaired) electrons. The zero-order valence-corrected chi connectivity index (χ0v) is 17.5. The van der Waals surface area contributed by atoms with Crippen molar-refractivity contribution >= 4 is 22.4 Å². The first-order chi connectivity index (χ1) is 13.1. The molecule has 0 N–H and O–H groups in total. The van der Waals surface area contributed by atoms with E-state index in [1.54, 1.807) is 23.2 Å². The van der Waals surface area contributed by atoms with Gasteiger partial charge >= 0.3 is 0 Å². The largest absolute Gasteiger partial charge is 0.298 e. The van der Waals surface area contributed by atoms with Crippen molar-refractivity contribution in [1.29, 1.82) is 0 Å². The van der Waals surface area contributed by atoms with Gasteiger partial charge in [-0.1, -0.05) is 24.3 Å². The topological polar surface area (TPSA) is 39.7 Å². The van der Waals surface area contributed by atoms with E-state index in [9.17, 15) is 4.79 Å². The first-order valence-corrected chi connectivity index (χ1v) is 10.7. The summed E-state index contributed by atoms with van der Waals surface area (Å²) in [4.78, 5) is 23.2. The molecule has 146 valence electrons. The second-order valence-corrected chi connectivity index (χ2v) is 8.05. The monoisotopic (exact) mass is 386 g/mol. The summed E-state index contributed by atoms with van der Waals surface area (Å²) >= 11 is 1.57. The number of hydrogen-bond donors (Lipinski definition) is 0. The molecule has 5 nitrogen and oxygen atoms in total. The normalized spacial score (nSPS) is 16.3. The van der Waals surface area contributed by atoms with E-state index < -0.39 is 0 Å². The highest BCUT2D eigenvalue weighted by molar-refractivity contribution is 7.14. The van der Waals surface area contributed by atoms with E-state index in [1.807, 2.05) is 6.92 Å². The number of rotatable bonds is 6. The van der Waals surface area contributed by atoms with Gasteiger partial charge in [-0.15, -0.1) is 11.3 Å². The van der Waals surface area contributed by atoms with Crippen LogP contribution >= 0.6 is 11.3 Å². The van der Waals surface area contributed by atoms with E-state index in [4.69, 9.17) is 4.98 Å². The average Bonchev–Trinajstić information content (AvgIpc) is 2.97. The molecule has 1 amide bonds. The fourth-order valence-electron chi connectivity index (χ4n) is 3.58. The molecule has 27 heavy (non-hydrogen) atoms. The van der Waals surface area contributed by atoms with Crippen molar-refractivity contribution < 1.29 is 4.79 Å². The van der Waals surface area contributed by atoms with Crippen LogP contribution in [-0.2, 0) is 17.9 Å². The van der Waals surface area contributed by atoms with Crippen molar-refractivity contribution in [3.63, 3.8) is 0 Å². The van der Waals surface area contributed by atoms with Crippen molar-refractivity contribution in [2.45, 2.75) is 40.3 Å². The summed E-state index contributed by atoms with van der Waals surface area (Å²) in [7, 11) is 0. The lowest BCUT2D eigenvalue weighted by Crippen LogP contribution is -2.30. The van der Waals surface area contributed by atoms with Gasteiger partial charge in [0.1, 0.15) is 0 Å². The molecule has 0 aliphatic carbocycles. The molecule has 1 saturated heterocycles. The smallest absolute Gasteiger partial charge is 0.225 e. The number of carbonyl (C=O) groups is 1. The number of nitrogens with zero attached hydrogens (tertiary/aromatic N) is 4. The lowest BCUT2D eigenvalue weighted by Gasteiger charge is -2.22. The third kappa shape index (κ3) is 5.37. The first kappa shape index (κ1) is 20.0. The molecule has 1 aliphatic heterocycles. The quantitative estimate of drug-likeness (QED) is 0.761. The lowest BCUT2D eigenvalue weighted by molar-refractivity contribution is -0.116. The van der Waals surface area contributed by atoms with Crippen LogP contribution in [-0.4, -0.2) is 53.4 Å². The fraction of sp³-hybridized carbons (Fsp3) is 0.524. The van der Waals surface area contributed by atoms with E-state index >= 15 is 0 Å². The van der Waals surface area contributed by atoms with E-state index in [2.05, 4.69) is 46.4 Å². The third-order valence-electron chi connectivity index (χ3n) is 5.19. The Morgan fingerprint density at radius 2 is 1.85 bits per heavy atom. The molecular weight excluding hydrogens is 356 g/mol. The second-order valence-electron chi connectivity index (χ2n) is 7.22. The summed E-state index contributed by atoms with van der Waals surface area (Å²) in [5, 5.41) is 2.91. The Kier molecular flexibility index (Phi) is 6.99. The molecule has 0 unspecified atom stereocenters. The molecule has 0 bridgehead atoms. The number of anilines is 1. The number of carbonyl (C=O) groups excluding carboxylic acids is 1. The number of aromatic nitrogens is 1. The molecule has 3 rings (SSSR count). The van der Waals surface area contributed by atoms with Gasteiger partial charge < -0.3 is 0 Å².